The zero-order valence-electron chi connectivity index (χ0n) is 10.9. The number of ketones is 1. The molecule has 0 radical (unpaired) electrons. The Labute approximate surface area is 116 Å². The summed E-state index contributed by atoms with van der Waals surface area (Å²) in [5.74, 6) is 0.229. The van der Waals surface area contributed by atoms with E-state index in [0.29, 0.717) is 17.6 Å². The number of rotatable bonds is 5. The Kier molecular flexibility index (Phi) is 4.09. The third-order valence-electron chi connectivity index (χ3n) is 2.77. The van der Waals surface area contributed by atoms with E-state index in [9.17, 15) is 14.9 Å². The van der Waals surface area contributed by atoms with Gasteiger partial charge in [0.1, 0.15) is 7.85 Å². The minimum absolute atomic E-state index is 0.0559. The quantitative estimate of drug-likeness (QED) is 0.388. The number of carbonyl (C=O) groups is 1. The Morgan fingerprint density at radius 2 is 2.00 bits per heavy atom. The lowest BCUT2D eigenvalue weighted by molar-refractivity contribution is -0.384. The van der Waals surface area contributed by atoms with Crippen molar-refractivity contribution in [2.24, 2.45) is 0 Å². The van der Waals surface area contributed by atoms with Crippen LogP contribution in [0.2, 0.25) is 6.32 Å². The lowest BCUT2D eigenvalue weighted by Gasteiger charge is -2.06. The van der Waals surface area contributed by atoms with Crippen LogP contribution in [0.5, 0.6) is 0 Å². The Balaban J connectivity index is 2.23. The molecule has 7 heteroatoms. The normalized spacial score (nSPS) is 10.0. The van der Waals surface area contributed by atoms with Crippen LogP contribution in [-0.2, 0) is 0 Å². The molecule has 1 aromatic heterocycles. The van der Waals surface area contributed by atoms with Gasteiger partial charge in [-0.05, 0) is 36.7 Å². The Morgan fingerprint density at radius 1 is 1.30 bits per heavy atom. The highest BCUT2D eigenvalue weighted by atomic mass is 16.6. The fraction of sp³-hybridized carbons (Fsp3) is 0.0769. The van der Waals surface area contributed by atoms with Crippen LogP contribution in [0.4, 0.5) is 17.2 Å². The molecule has 100 valence electrons. The molecular formula is C13H12BN3O3. The summed E-state index contributed by atoms with van der Waals surface area (Å²) >= 11 is 0. The van der Waals surface area contributed by atoms with E-state index in [0.717, 1.165) is 0 Å². The maximum absolute atomic E-state index is 11.5. The number of Topliss-reactive ketones (excluding diaryl/α,β-unsaturated/α-hetero) is 1. The number of nitrogens with one attached hydrogen (secondary N) is 1. The third kappa shape index (κ3) is 3.00. The van der Waals surface area contributed by atoms with Crippen LogP contribution >= 0.6 is 0 Å². The van der Waals surface area contributed by atoms with Crippen molar-refractivity contribution >= 4 is 30.8 Å². The van der Waals surface area contributed by atoms with Crippen molar-refractivity contribution in [2.75, 3.05) is 5.32 Å². The second-order valence-electron chi connectivity index (χ2n) is 4.11. The lowest BCUT2D eigenvalue weighted by atomic mass is 9.96. The lowest BCUT2D eigenvalue weighted by Crippen LogP contribution is -2.00. The van der Waals surface area contributed by atoms with Gasteiger partial charge in [-0.2, -0.15) is 0 Å². The van der Waals surface area contributed by atoms with Gasteiger partial charge in [-0.25, -0.2) is 4.98 Å². The highest BCUT2D eigenvalue weighted by Gasteiger charge is 2.14. The van der Waals surface area contributed by atoms with Crippen molar-refractivity contribution in [2.45, 2.75) is 6.32 Å². The van der Waals surface area contributed by atoms with Gasteiger partial charge in [0.25, 0.3) is 0 Å². The van der Waals surface area contributed by atoms with Crippen molar-refractivity contribution < 1.29 is 9.72 Å². The molecule has 0 amide bonds. The molecule has 6 nitrogen and oxygen atoms in total. The number of aromatic nitrogens is 1. The summed E-state index contributed by atoms with van der Waals surface area (Å²) in [7, 11) is 1.80. The molecule has 0 aliphatic rings. The molecule has 0 spiro atoms. The summed E-state index contributed by atoms with van der Waals surface area (Å²) in [6.45, 7) is 0. The fourth-order valence-corrected chi connectivity index (χ4v) is 1.72. The number of carbonyl (C=O) groups excluding carboxylic acids is 1. The van der Waals surface area contributed by atoms with E-state index < -0.39 is 4.92 Å². The first-order chi connectivity index (χ1) is 9.61. The molecule has 1 heterocycles. The van der Waals surface area contributed by atoms with Crippen molar-refractivity contribution in [3.05, 3.63) is 58.3 Å². The molecule has 0 bridgehead atoms. The molecule has 1 aromatic carbocycles. The Morgan fingerprint density at radius 3 is 2.60 bits per heavy atom. The molecule has 2 aromatic rings. The topological polar surface area (TPSA) is 85.1 Å². The molecular weight excluding hydrogens is 257 g/mol. The van der Waals surface area contributed by atoms with Crippen molar-refractivity contribution in [1.82, 2.24) is 4.98 Å². The van der Waals surface area contributed by atoms with E-state index in [1.165, 1.54) is 18.3 Å². The van der Waals surface area contributed by atoms with Gasteiger partial charge in [-0.15, -0.1) is 0 Å². The van der Waals surface area contributed by atoms with Crippen molar-refractivity contribution in [1.29, 1.82) is 0 Å². The number of hydrogen-bond donors (Lipinski definition) is 1. The maximum Gasteiger partial charge on any atom is 0.311 e. The second kappa shape index (κ2) is 5.96. The minimum Gasteiger partial charge on any atom is -0.334 e. The number of hydrogen-bond acceptors (Lipinski definition) is 5. The van der Waals surface area contributed by atoms with Gasteiger partial charge < -0.3 is 5.32 Å². The Hall–Kier alpha value is -2.70. The summed E-state index contributed by atoms with van der Waals surface area (Å²) < 4.78 is 0. The highest BCUT2D eigenvalue weighted by molar-refractivity contribution is 6.24. The monoisotopic (exact) mass is 269 g/mol. The minimum atomic E-state index is -0.496. The van der Waals surface area contributed by atoms with Gasteiger partial charge in [-0.3, -0.25) is 14.9 Å². The van der Waals surface area contributed by atoms with E-state index in [-0.39, 0.29) is 17.3 Å². The summed E-state index contributed by atoms with van der Waals surface area (Å²) in [6, 6.07) is 9.64. The fourth-order valence-electron chi connectivity index (χ4n) is 1.72. The van der Waals surface area contributed by atoms with E-state index in [2.05, 4.69) is 10.3 Å². The predicted octanol–water partition coefficient (Wildman–Crippen LogP) is 1.97. The van der Waals surface area contributed by atoms with Crippen molar-refractivity contribution in [3.8, 4) is 0 Å². The summed E-state index contributed by atoms with van der Waals surface area (Å²) in [5, 5.41) is 13.7. The van der Waals surface area contributed by atoms with Crippen LogP contribution in [0, 0.1) is 10.1 Å². The second-order valence-corrected chi connectivity index (χ2v) is 4.11. The third-order valence-corrected chi connectivity index (χ3v) is 2.77. The first-order valence-electron chi connectivity index (χ1n) is 6.11. The van der Waals surface area contributed by atoms with Gasteiger partial charge in [0.05, 0.1) is 4.92 Å². The summed E-state index contributed by atoms with van der Waals surface area (Å²) in [5.41, 5.74) is 1.16. The predicted molar refractivity (Wildman–Crippen MR) is 78.3 cm³/mol. The number of benzene rings is 1. The molecule has 0 aliphatic heterocycles. The van der Waals surface area contributed by atoms with Gasteiger partial charge >= 0.3 is 5.69 Å². The first-order valence-corrected chi connectivity index (χ1v) is 6.11. The molecule has 0 unspecified atom stereocenters. The van der Waals surface area contributed by atoms with Crippen LogP contribution in [0.3, 0.4) is 0 Å². The Bertz CT molecular complexity index is 644. The summed E-state index contributed by atoms with van der Waals surface area (Å²) in [6.07, 6.45) is 1.92. The maximum atomic E-state index is 11.5. The molecule has 20 heavy (non-hydrogen) atoms. The zero-order valence-corrected chi connectivity index (χ0v) is 10.9. The van der Waals surface area contributed by atoms with E-state index in [1.54, 1.807) is 32.1 Å². The van der Waals surface area contributed by atoms with Crippen molar-refractivity contribution in [3.63, 3.8) is 0 Å². The van der Waals surface area contributed by atoms with Crippen LogP contribution in [0.15, 0.2) is 42.6 Å². The smallest absolute Gasteiger partial charge is 0.311 e. The van der Waals surface area contributed by atoms with Crippen LogP contribution in [0.1, 0.15) is 10.4 Å². The van der Waals surface area contributed by atoms with Gasteiger partial charge in [0.15, 0.2) is 5.78 Å². The zero-order chi connectivity index (χ0) is 14.5. The molecule has 1 N–H and O–H groups in total. The molecule has 0 atom stereocenters. The van der Waals surface area contributed by atoms with Gasteiger partial charge in [-0.1, -0.05) is 0 Å². The molecule has 0 fully saturated rings. The number of pyridine rings is 1. The van der Waals surface area contributed by atoms with Crippen LogP contribution in [0.25, 0.3) is 0 Å². The number of nitro groups is 1. The highest BCUT2D eigenvalue weighted by Crippen LogP contribution is 2.24. The van der Waals surface area contributed by atoms with E-state index in [4.69, 9.17) is 0 Å². The molecule has 0 saturated carbocycles. The van der Waals surface area contributed by atoms with Gasteiger partial charge in [0, 0.05) is 23.5 Å². The average molecular weight is 269 g/mol. The average Bonchev–Trinajstić information content (AvgIpc) is 2.47. The first kappa shape index (κ1) is 13.7. The summed E-state index contributed by atoms with van der Waals surface area (Å²) in [4.78, 5) is 25.8. The van der Waals surface area contributed by atoms with E-state index >= 15 is 0 Å². The molecule has 2 rings (SSSR count). The van der Waals surface area contributed by atoms with Crippen LogP contribution in [-0.4, -0.2) is 23.5 Å². The van der Waals surface area contributed by atoms with Gasteiger partial charge in [0.2, 0.25) is 5.82 Å². The van der Waals surface area contributed by atoms with Crippen LogP contribution < -0.4 is 5.32 Å². The molecule has 0 aliphatic carbocycles. The standard InChI is InChI=1S/C13H12BN3O3/c14-8-12(18)9-3-5-10(6-4-9)16-13-11(17(19)20)2-1-7-15-13/h1-7H,8,14H2,(H,15,16). The van der Waals surface area contributed by atoms with E-state index in [1.807, 2.05) is 0 Å². The number of nitrogens with zero attached hydrogens (tertiary/aromatic N) is 2. The number of anilines is 2. The largest absolute Gasteiger partial charge is 0.334 e. The molecule has 0 saturated heterocycles. The SMILES string of the molecule is BCC(=O)c1ccc(Nc2ncccc2[N+](=O)[O-])cc1.